The molecular formula is C20H31N4NaO16. The van der Waals surface area contributed by atoms with Gasteiger partial charge in [-0.1, -0.05) is 0 Å². The van der Waals surface area contributed by atoms with Crippen molar-refractivity contribution in [1.82, 2.24) is 19.6 Å². The number of hydrogen-bond acceptors (Lipinski definition) is 13. The van der Waals surface area contributed by atoms with Crippen molar-refractivity contribution >= 4 is 47.8 Å². The molecule has 228 valence electrons. The summed E-state index contributed by atoms with van der Waals surface area (Å²) in [6.45, 7) is -4.75. The summed E-state index contributed by atoms with van der Waals surface area (Å²) in [6.07, 6.45) is 0. The number of rotatable bonds is 22. The van der Waals surface area contributed by atoms with E-state index in [1.54, 1.807) is 0 Å². The summed E-state index contributed by atoms with van der Waals surface area (Å²) in [6, 6.07) is 0. The van der Waals surface area contributed by atoms with Gasteiger partial charge in [0, 0.05) is 32.7 Å². The van der Waals surface area contributed by atoms with E-state index in [9.17, 15) is 43.5 Å². The summed E-state index contributed by atoms with van der Waals surface area (Å²) in [4.78, 5) is 88.5. The molecule has 0 aliphatic carbocycles. The Hall–Kier alpha value is -3.40. The molecule has 0 fully saturated rings. The van der Waals surface area contributed by atoms with Gasteiger partial charge < -0.3 is 45.6 Å². The fourth-order valence-electron chi connectivity index (χ4n) is 2.94. The van der Waals surface area contributed by atoms with Crippen LogP contribution in [0.2, 0.25) is 0 Å². The average molecular weight is 606 g/mol. The normalized spacial score (nSPS) is 10.4. The molecule has 0 unspecified atom stereocenters. The molecule has 0 saturated heterocycles. The van der Waals surface area contributed by atoms with Crippen molar-refractivity contribution in [2.24, 2.45) is 0 Å². The third-order valence-corrected chi connectivity index (χ3v) is 4.33. The first kappa shape index (κ1) is 42.1. The molecule has 0 atom stereocenters. The molecule has 21 heteroatoms. The molecule has 0 radical (unpaired) electrons. The van der Waals surface area contributed by atoms with E-state index in [0.717, 1.165) is 19.6 Å². The monoisotopic (exact) mass is 606 g/mol. The Bertz CT molecular complexity index is 710. The van der Waals surface area contributed by atoms with Crippen LogP contribution in [0.4, 0.5) is 0 Å². The van der Waals surface area contributed by atoms with Crippen LogP contribution in [0.15, 0.2) is 0 Å². The minimum absolute atomic E-state index is 0. The third-order valence-electron chi connectivity index (χ3n) is 4.33. The summed E-state index contributed by atoms with van der Waals surface area (Å²) >= 11 is 0. The minimum Gasteiger partial charge on any atom is -0.549 e. The van der Waals surface area contributed by atoms with Gasteiger partial charge in [0.1, 0.15) is 0 Å². The molecule has 0 spiro atoms. The van der Waals surface area contributed by atoms with Crippen LogP contribution in [0.25, 0.3) is 0 Å². The molecule has 0 aromatic carbocycles. The van der Waals surface area contributed by atoms with E-state index < -0.39 is 100 Å². The Kier molecular flexibility index (Phi) is 23.9. The maximum absolute atomic E-state index is 10.6. The predicted octanol–water partition coefficient (Wildman–Crippen LogP) is -8.47. The quantitative estimate of drug-likeness (QED) is 0.0562. The summed E-state index contributed by atoms with van der Waals surface area (Å²) in [5.74, 6) is -10.1. The molecule has 0 aromatic heterocycles. The molecule has 0 aliphatic heterocycles. The van der Waals surface area contributed by atoms with Gasteiger partial charge in [-0.3, -0.25) is 53.2 Å². The number of aliphatic carboxylic acids is 8. The molecule has 0 aromatic rings. The van der Waals surface area contributed by atoms with Gasteiger partial charge in [-0.05, 0) is 0 Å². The maximum atomic E-state index is 10.6. The van der Waals surface area contributed by atoms with Crippen LogP contribution in [0.1, 0.15) is 0 Å². The molecule has 41 heavy (non-hydrogen) atoms. The standard InChI is InChI=1S/2C10H16N2O8.Na/c2*13-7(14)3-11(4-8(15)16)1-2-12(5-9(17)18)6-10(19)20;/h2*1-6H2,(H,13,14)(H,15,16)(H,17,18)(H,19,20);/q;;+1/p-1. The van der Waals surface area contributed by atoms with Gasteiger partial charge in [0.2, 0.25) is 0 Å². The molecular weight excluding hydrogens is 575 g/mol. The van der Waals surface area contributed by atoms with E-state index in [4.69, 9.17) is 35.7 Å². The van der Waals surface area contributed by atoms with Crippen LogP contribution < -0.4 is 34.7 Å². The topological polar surface area (TPSA) is 314 Å². The van der Waals surface area contributed by atoms with E-state index in [-0.39, 0.29) is 55.7 Å². The van der Waals surface area contributed by atoms with Gasteiger partial charge in [-0.15, -0.1) is 0 Å². The maximum Gasteiger partial charge on any atom is 1.00 e. The molecule has 20 nitrogen and oxygen atoms in total. The van der Waals surface area contributed by atoms with Gasteiger partial charge in [-0.2, -0.15) is 0 Å². The number of carbonyl (C=O) groups is 8. The molecule has 7 N–H and O–H groups in total. The molecule has 0 aliphatic rings. The van der Waals surface area contributed by atoms with Crippen molar-refractivity contribution in [2.75, 3.05) is 78.5 Å². The second-order valence-corrected chi connectivity index (χ2v) is 7.97. The predicted molar refractivity (Wildman–Crippen MR) is 124 cm³/mol. The second kappa shape index (κ2) is 23.3. The number of hydrogen-bond donors (Lipinski definition) is 7. The van der Waals surface area contributed by atoms with E-state index in [0.29, 0.717) is 0 Å². The fraction of sp³-hybridized carbons (Fsp3) is 0.600. The Labute approximate surface area is 254 Å². The molecule has 0 saturated carbocycles. The number of carboxylic acids is 8. The van der Waals surface area contributed by atoms with Crippen LogP contribution >= 0.6 is 0 Å². The zero-order valence-electron chi connectivity index (χ0n) is 22.1. The Balaban J connectivity index is -0.000000688. The fourth-order valence-corrected chi connectivity index (χ4v) is 2.94. The summed E-state index contributed by atoms with van der Waals surface area (Å²) in [5, 5.41) is 70.7. The van der Waals surface area contributed by atoms with Crippen molar-refractivity contribution in [1.29, 1.82) is 0 Å². The summed E-state index contributed by atoms with van der Waals surface area (Å²) in [5.41, 5.74) is 0. The number of carboxylic acid groups (broad SMARTS) is 8. The first-order valence-electron chi connectivity index (χ1n) is 11.0. The van der Waals surface area contributed by atoms with Crippen LogP contribution in [-0.4, -0.2) is 182 Å². The Morgan fingerprint density at radius 1 is 0.366 bits per heavy atom. The van der Waals surface area contributed by atoms with E-state index in [1.807, 2.05) is 0 Å². The largest absolute Gasteiger partial charge is 1.00 e. The van der Waals surface area contributed by atoms with Crippen LogP contribution in [-0.2, 0) is 38.4 Å². The zero-order valence-corrected chi connectivity index (χ0v) is 24.1. The van der Waals surface area contributed by atoms with Gasteiger partial charge in [0.25, 0.3) is 0 Å². The second-order valence-electron chi connectivity index (χ2n) is 7.97. The van der Waals surface area contributed by atoms with Crippen molar-refractivity contribution in [3.05, 3.63) is 0 Å². The SMILES string of the molecule is O=C(O)CN(CCN(CC(=O)O)CC(=O)O)CC(=O)O.O=C([O-])CN(CCN(CC(=O)O)CC(=O)O)CC(=O)O.[Na+]. The van der Waals surface area contributed by atoms with Gasteiger partial charge in [0.05, 0.1) is 51.8 Å². The summed E-state index contributed by atoms with van der Waals surface area (Å²) < 4.78 is 0. The van der Waals surface area contributed by atoms with Gasteiger partial charge >= 0.3 is 71.3 Å². The van der Waals surface area contributed by atoms with Gasteiger partial charge in [-0.25, -0.2) is 0 Å². The first-order chi connectivity index (χ1) is 18.4. The van der Waals surface area contributed by atoms with E-state index in [1.165, 1.54) is 0 Å². The minimum atomic E-state index is -1.48. The van der Waals surface area contributed by atoms with Crippen molar-refractivity contribution in [2.45, 2.75) is 0 Å². The van der Waals surface area contributed by atoms with Crippen molar-refractivity contribution in [3.63, 3.8) is 0 Å². The van der Waals surface area contributed by atoms with Crippen LogP contribution in [0.5, 0.6) is 0 Å². The summed E-state index contributed by atoms with van der Waals surface area (Å²) in [7, 11) is 0. The average Bonchev–Trinajstić information content (AvgIpc) is 2.72. The third kappa shape index (κ3) is 29.4. The number of nitrogens with zero attached hydrogens (tertiary/aromatic N) is 4. The molecule has 0 rings (SSSR count). The van der Waals surface area contributed by atoms with E-state index in [2.05, 4.69) is 0 Å². The van der Waals surface area contributed by atoms with E-state index >= 15 is 0 Å². The van der Waals surface area contributed by atoms with Gasteiger partial charge in [0.15, 0.2) is 0 Å². The zero-order chi connectivity index (χ0) is 31.4. The van der Waals surface area contributed by atoms with Crippen LogP contribution in [0.3, 0.4) is 0 Å². The van der Waals surface area contributed by atoms with Crippen LogP contribution in [0, 0.1) is 0 Å². The molecule has 0 heterocycles. The first-order valence-corrected chi connectivity index (χ1v) is 11.0. The van der Waals surface area contributed by atoms with Crippen molar-refractivity contribution < 1.29 is 109 Å². The smallest absolute Gasteiger partial charge is 0.549 e. The van der Waals surface area contributed by atoms with Crippen molar-refractivity contribution in [3.8, 4) is 0 Å². The molecule has 0 amide bonds. The molecule has 0 bridgehead atoms. The Morgan fingerprint density at radius 2 is 0.512 bits per heavy atom. The number of carbonyl (C=O) groups excluding carboxylic acids is 1. The Morgan fingerprint density at radius 3 is 0.634 bits per heavy atom.